The molecule has 3 N–H and O–H groups in total. The fraction of sp³-hybridized carbons (Fsp3) is 0.167. The van der Waals surface area contributed by atoms with Crippen LogP contribution in [0.1, 0.15) is 18.5 Å². The third-order valence-corrected chi connectivity index (χ3v) is 3.44. The van der Waals surface area contributed by atoms with Gasteiger partial charge in [-0.2, -0.15) is 0 Å². The number of allylic oxidation sites excluding steroid dienone is 1. The molecule has 1 aromatic carbocycles. The van der Waals surface area contributed by atoms with Crippen molar-refractivity contribution >= 4 is 27.9 Å². The quantitative estimate of drug-likeness (QED) is 0.783. The van der Waals surface area contributed by atoms with Gasteiger partial charge < -0.3 is 15.7 Å². The Morgan fingerprint density at radius 2 is 2.06 bits per heavy atom. The number of carbonyl (C=O) groups excluding carboxylic acids is 1. The minimum absolute atomic E-state index is 0.140. The molecule has 94 valence electrons. The van der Waals surface area contributed by atoms with Crippen molar-refractivity contribution in [3.63, 3.8) is 0 Å². The largest absolute Gasteiger partial charge is 0.478 e. The molecular weight excluding hydrogens is 300 g/mol. The Hall–Kier alpha value is -1.82. The molecule has 6 heteroatoms. The minimum atomic E-state index is -1.05. The molecule has 0 saturated heterocycles. The van der Waals surface area contributed by atoms with Gasteiger partial charge in [0.25, 0.3) is 0 Å². The zero-order chi connectivity index (χ0) is 13.3. The first kappa shape index (κ1) is 12.6. The topological polar surface area (TPSA) is 78.4 Å². The van der Waals surface area contributed by atoms with Crippen molar-refractivity contribution in [2.24, 2.45) is 0 Å². The molecule has 1 heterocycles. The molecule has 0 unspecified atom stereocenters. The predicted molar refractivity (Wildman–Crippen MR) is 68.9 cm³/mol. The average molecular weight is 311 g/mol. The number of halogens is 1. The summed E-state index contributed by atoms with van der Waals surface area (Å²) < 4.78 is 0.753. The number of aliphatic carboxylic acids is 1. The number of carbonyl (C=O) groups is 2. The van der Waals surface area contributed by atoms with Gasteiger partial charge in [0, 0.05) is 10.2 Å². The minimum Gasteiger partial charge on any atom is -0.478 e. The van der Waals surface area contributed by atoms with Crippen molar-refractivity contribution in [2.45, 2.75) is 13.0 Å². The van der Waals surface area contributed by atoms with Crippen LogP contribution in [0, 0.1) is 0 Å². The summed E-state index contributed by atoms with van der Waals surface area (Å²) in [6.07, 6.45) is 0. The summed E-state index contributed by atoms with van der Waals surface area (Å²) in [7, 11) is 0. The third-order valence-electron chi connectivity index (χ3n) is 2.72. The Labute approximate surface area is 112 Å². The van der Waals surface area contributed by atoms with E-state index in [0.29, 0.717) is 11.3 Å². The highest BCUT2D eigenvalue weighted by molar-refractivity contribution is 9.10. The molecule has 1 aliphatic rings. The summed E-state index contributed by atoms with van der Waals surface area (Å²) in [5, 5.41) is 14.3. The number of hydrogen-bond donors (Lipinski definition) is 3. The van der Waals surface area contributed by atoms with Gasteiger partial charge in [-0.3, -0.25) is 0 Å². The first-order chi connectivity index (χ1) is 8.50. The van der Waals surface area contributed by atoms with Gasteiger partial charge >= 0.3 is 12.0 Å². The lowest BCUT2D eigenvalue weighted by Gasteiger charge is -2.27. The van der Waals surface area contributed by atoms with Crippen LogP contribution in [0.2, 0.25) is 0 Å². The van der Waals surface area contributed by atoms with Gasteiger partial charge in [-0.15, -0.1) is 0 Å². The zero-order valence-electron chi connectivity index (χ0n) is 9.53. The van der Waals surface area contributed by atoms with Crippen LogP contribution < -0.4 is 10.6 Å². The number of nitrogens with one attached hydrogen (secondary N) is 2. The maximum atomic E-state index is 11.5. The second-order valence-electron chi connectivity index (χ2n) is 3.90. The molecule has 0 spiro atoms. The van der Waals surface area contributed by atoms with Gasteiger partial charge in [0.1, 0.15) is 0 Å². The van der Waals surface area contributed by atoms with E-state index in [1.165, 1.54) is 0 Å². The molecule has 1 aromatic rings. The lowest BCUT2D eigenvalue weighted by atomic mass is 9.96. The van der Waals surface area contributed by atoms with E-state index in [1.807, 2.05) is 6.07 Å². The van der Waals surface area contributed by atoms with Crippen LogP contribution in [0.15, 0.2) is 40.0 Å². The first-order valence-electron chi connectivity index (χ1n) is 5.26. The summed E-state index contributed by atoms with van der Waals surface area (Å²) in [5.74, 6) is -1.05. The molecule has 1 aliphatic heterocycles. The van der Waals surface area contributed by atoms with Gasteiger partial charge in [-0.05, 0) is 18.6 Å². The number of urea groups is 1. The molecular formula is C12H11BrN2O3. The normalized spacial score (nSPS) is 19.2. The number of hydrogen-bond acceptors (Lipinski definition) is 2. The average Bonchev–Trinajstić information content (AvgIpc) is 2.27. The first-order valence-corrected chi connectivity index (χ1v) is 6.06. The van der Waals surface area contributed by atoms with Gasteiger partial charge in [0.2, 0.25) is 0 Å². The molecule has 0 aromatic heterocycles. The number of rotatable bonds is 2. The van der Waals surface area contributed by atoms with E-state index >= 15 is 0 Å². The predicted octanol–water partition coefficient (Wildman–Crippen LogP) is 2.16. The molecule has 18 heavy (non-hydrogen) atoms. The Morgan fingerprint density at radius 1 is 1.39 bits per heavy atom. The SMILES string of the molecule is CC1=C(C(=O)O)[C@@H](c2ccccc2Br)NC(=O)N1. The summed E-state index contributed by atoms with van der Waals surface area (Å²) in [4.78, 5) is 22.8. The zero-order valence-corrected chi connectivity index (χ0v) is 11.1. The van der Waals surface area contributed by atoms with Gasteiger partial charge in [0.15, 0.2) is 0 Å². The number of carboxylic acids is 1. The molecule has 0 radical (unpaired) electrons. The van der Waals surface area contributed by atoms with Crippen molar-refractivity contribution < 1.29 is 14.7 Å². The molecule has 2 rings (SSSR count). The molecule has 0 fully saturated rings. The van der Waals surface area contributed by atoms with E-state index in [4.69, 9.17) is 0 Å². The van der Waals surface area contributed by atoms with Crippen molar-refractivity contribution in [2.75, 3.05) is 0 Å². The molecule has 0 bridgehead atoms. The Morgan fingerprint density at radius 3 is 2.67 bits per heavy atom. The molecule has 5 nitrogen and oxygen atoms in total. The third kappa shape index (κ3) is 2.24. The van der Waals surface area contributed by atoms with Crippen LogP contribution in [-0.2, 0) is 4.79 Å². The van der Waals surface area contributed by atoms with E-state index in [9.17, 15) is 14.7 Å². The standard InChI is InChI=1S/C12H11BrN2O3/c1-6-9(11(16)17)10(15-12(18)14-6)7-4-2-3-5-8(7)13/h2-5,10H,1H3,(H,16,17)(H2,14,15,18)/t10-/m1/s1. The summed E-state index contributed by atoms with van der Waals surface area (Å²) in [5.41, 5.74) is 1.21. The maximum absolute atomic E-state index is 11.5. The van der Waals surface area contributed by atoms with E-state index in [0.717, 1.165) is 4.47 Å². The van der Waals surface area contributed by atoms with Crippen LogP contribution in [0.4, 0.5) is 4.79 Å². The van der Waals surface area contributed by atoms with Gasteiger partial charge in [-0.25, -0.2) is 9.59 Å². The highest BCUT2D eigenvalue weighted by Gasteiger charge is 2.31. The highest BCUT2D eigenvalue weighted by Crippen LogP contribution is 2.31. The Balaban J connectivity index is 2.54. The summed E-state index contributed by atoms with van der Waals surface area (Å²) >= 11 is 3.36. The second-order valence-corrected chi connectivity index (χ2v) is 4.75. The molecule has 0 saturated carbocycles. The maximum Gasteiger partial charge on any atom is 0.335 e. The smallest absolute Gasteiger partial charge is 0.335 e. The Kier molecular flexibility index (Phi) is 3.38. The lowest BCUT2D eigenvalue weighted by Crippen LogP contribution is -2.45. The molecule has 1 atom stereocenters. The van der Waals surface area contributed by atoms with Crippen molar-refractivity contribution in [1.82, 2.24) is 10.6 Å². The van der Waals surface area contributed by atoms with Crippen molar-refractivity contribution in [1.29, 1.82) is 0 Å². The van der Waals surface area contributed by atoms with Crippen LogP contribution >= 0.6 is 15.9 Å². The van der Waals surface area contributed by atoms with Crippen LogP contribution in [0.25, 0.3) is 0 Å². The van der Waals surface area contributed by atoms with Crippen LogP contribution in [-0.4, -0.2) is 17.1 Å². The molecule has 2 amide bonds. The van der Waals surface area contributed by atoms with Crippen LogP contribution in [0.5, 0.6) is 0 Å². The molecule has 0 aliphatic carbocycles. The summed E-state index contributed by atoms with van der Waals surface area (Å²) in [6, 6.07) is 6.14. The van der Waals surface area contributed by atoms with Gasteiger partial charge in [-0.1, -0.05) is 34.1 Å². The lowest BCUT2D eigenvalue weighted by molar-refractivity contribution is -0.133. The second kappa shape index (κ2) is 4.81. The van der Waals surface area contributed by atoms with Gasteiger partial charge in [0.05, 0.1) is 11.6 Å². The monoisotopic (exact) mass is 310 g/mol. The Bertz CT molecular complexity index is 554. The highest BCUT2D eigenvalue weighted by atomic mass is 79.9. The van der Waals surface area contributed by atoms with Crippen LogP contribution in [0.3, 0.4) is 0 Å². The number of carboxylic acid groups (broad SMARTS) is 1. The summed E-state index contributed by atoms with van der Waals surface area (Å²) in [6.45, 7) is 1.58. The van der Waals surface area contributed by atoms with Crippen molar-refractivity contribution in [3.8, 4) is 0 Å². The fourth-order valence-corrected chi connectivity index (χ4v) is 2.43. The number of benzene rings is 1. The van der Waals surface area contributed by atoms with E-state index < -0.39 is 18.0 Å². The van der Waals surface area contributed by atoms with E-state index in [1.54, 1.807) is 25.1 Å². The van der Waals surface area contributed by atoms with Crippen molar-refractivity contribution in [3.05, 3.63) is 45.6 Å². The fourth-order valence-electron chi connectivity index (χ4n) is 1.92. The number of amides is 2. The van der Waals surface area contributed by atoms with E-state index in [-0.39, 0.29) is 5.57 Å². The van der Waals surface area contributed by atoms with E-state index in [2.05, 4.69) is 26.6 Å².